The molecule has 0 heterocycles. The van der Waals surface area contributed by atoms with E-state index < -0.39 is 17.7 Å². The molecule has 0 rings (SSSR count). The van der Waals surface area contributed by atoms with Gasteiger partial charge in [-0.3, -0.25) is 0 Å². The number of aliphatic hydroxyl groups is 1. The van der Waals surface area contributed by atoms with Gasteiger partial charge in [0.15, 0.2) is 0 Å². The number of aliphatic hydroxyl groups excluding tert-OH is 1. The molecule has 5 nitrogen and oxygen atoms in total. The van der Waals surface area contributed by atoms with Crippen LogP contribution >= 0.6 is 0 Å². The number of rotatable bonds is 3. The van der Waals surface area contributed by atoms with Crippen LogP contribution in [0.15, 0.2) is 24.0 Å². The zero-order valence-corrected chi connectivity index (χ0v) is 5.39. The summed E-state index contributed by atoms with van der Waals surface area (Å²) < 4.78 is 0. The van der Waals surface area contributed by atoms with Crippen LogP contribution in [-0.4, -0.2) is 27.3 Å². The van der Waals surface area contributed by atoms with Crippen LogP contribution in [0.1, 0.15) is 0 Å². The summed E-state index contributed by atoms with van der Waals surface area (Å²) in [7, 11) is 0. The molecule has 60 valence electrons. The average Bonchev–Trinajstić information content (AvgIpc) is 1.82. The first-order chi connectivity index (χ1) is 5.02. The lowest BCUT2D eigenvalue weighted by Crippen LogP contribution is -1.91. The Bertz CT molecular complexity index is 225. The van der Waals surface area contributed by atoms with Crippen LogP contribution in [0.25, 0.3) is 0 Å². The second-order valence-electron chi connectivity index (χ2n) is 1.58. The van der Waals surface area contributed by atoms with Crippen molar-refractivity contribution in [2.24, 2.45) is 0 Å². The van der Waals surface area contributed by atoms with Crippen LogP contribution in [0.3, 0.4) is 0 Å². The second kappa shape index (κ2) is 4.10. The quantitative estimate of drug-likeness (QED) is 0.309. The van der Waals surface area contributed by atoms with Crippen molar-refractivity contribution in [2.45, 2.75) is 0 Å². The molecule has 0 amide bonds. The fourth-order valence-electron chi connectivity index (χ4n) is 0.331. The maximum atomic E-state index is 9.84. The molecule has 0 aromatic carbocycles. The fourth-order valence-corrected chi connectivity index (χ4v) is 0.331. The van der Waals surface area contributed by atoms with Crippen molar-refractivity contribution in [1.29, 1.82) is 0 Å². The van der Waals surface area contributed by atoms with E-state index in [1.54, 1.807) is 0 Å². The normalized spacial score (nSPS) is 11.8. The summed E-state index contributed by atoms with van der Waals surface area (Å²) in [4.78, 5) is 19.7. The van der Waals surface area contributed by atoms with Crippen molar-refractivity contribution in [3.05, 3.63) is 24.0 Å². The largest absolute Gasteiger partial charge is 0.508 e. The van der Waals surface area contributed by atoms with E-state index >= 15 is 0 Å². The number of hydrogen-bond acceptors (Lipinski definition) is 3. The third-order valence-electron chi connectivity index (χ3n) is 0.668. The fraction of sp³-hybridized carbons (Fsp3) is 0. The van der Waals surface area contributed by atoms with Crippen LogP contribution in [-0.2, 0) is 9.59 Å². The highest BCUT2D eigenvalue weighted by Crippen LogP contribution is 1.89. The van der Waals surface area contributed by atoms with Gasteiger partial charge in [-0.2, -0.15) is 0 Å². The van der Waals surface area contributed by atoms with E-state index in [2.05, 4.69) is 0 Å². The Labute approximate surface area is 61.9 Å². The van der Waals surface area contributed by atoms with Gasteiger partial charge in [0, 0.05) is 6.08 Å². The number of allylic oxidation sites excluding steroid dienone is 1. The Kier molecular flexibility index (Phi) is 3.44. The van der Waals surface area contributed by atoms with E-state index in [1.165, 1.54) is 0 Å². The lowest BCUT2D eigenvalue weighted by molar-refractivity contribution is -0.132. The summed E-state index contributed by atoms with van der Waals surface area (Å²) in [6.45, 7) is 0. The lowest BCUT2D eigenvalue weighted by Gasteiger charge is -1.85. The first kappa shape index (κ1) is 9.22. The average molecular weight is 158 g/mol. The molecule has 0 saturated carbocycles. The van der Waals surface area contributed by atoms with E-state index in [1.807, 2.05) is 0 Å². The Morgan fingerprint density at radius 1 is 0.909 bits per heavy atom. The van der Waals surface area contributed by atoms with E-state index in [0.717, 1.165) is 6.08 Å². The third kappa shape index (κ3) is 6.10. The minimum atomic E-state index is -1.34. The van der Waals surface area contributed by atoms with Gasteiger partial charge in [-0.05, 0) is 6.08 Å². The monoisotopic (exact) mass is 158 g/mol. The molecule has 0 spiro atoms. The Hall–Kier alpha value is -1.78. The maximum absolute atomic E-state index is 9.84. The van der Waals surface area contributed by atoms with Crippen LogP contribution in [0.4, 0.5) is 0 Å². The van der Waals surface area contributed by atoms with Crippen LogP contribution in [0, 0.1) is 0 Å². The van der Waals surface area contributed by atoms with Gasteiger partial charge in [0.05, 0.1) is 6.08 Å². The lowest BCUT2D eigenvalue weighted by atomic mass is 10.4. The van der Waals surface area contributed by atoms with E-state index in [4.69, 9.17) is 15.3 Å². The van der Waals surface area contributed by atoms with Crippen molar-refractivity contribution >= 4 is 11.9 Å². The standard InChI is InChI=1S/C6H6O5/c7-4(3-6(10)11)1-2-5(8)9/h1-3,7H,(H,8,9)(H,10,11)/b2-1?,4-3-. The molecule has 5 heteroatoms. The first-order valence-electron chi connectivity index (χ1n) is 2.57. The molecule has 0 aromatic rings. The number of hydrogen-bond donors (Lipinski definition) is 3. The summed E-state index contributed by atoms with van der Waals surface area (Å²) in [5.41, 5.74) is 0. The molecule has 0 aromatic heterocycles. The molecule has 0 radical (unpaired) electrons. The first-order valence-corrected chi connectivity index (χ1v) is 2.57. The molecule has 11 heavy (non-hydrogen) atoms. The Morgan fingerprint density at radius 3 is 1.82 bits per heavy atom. The van der Waals surface area contributed by atoms with Crippen molar-refractivity contribution in [3.8, 4) is 0 Å². The van der Waals surface area contributed by atoms with Crippen molar-refractivity contribution in [3.63, 3.8) is 0 Å². The van der Waals surface area contributed by atoms with Crippen LogP contribution in [0.2, 0.25) is 0 Å². The second-order valence-corrected chi connectivity index (χ2v) is 1.58. The molecule has 0 atom stereocenters. The Balaban J connectivity index is 4.17. The van der Waals surface area contributed by atoms with Crippen molar-refractivity contribution in [1.82, 2.24) is 0 Å². The topological polar surface area (TPSA) is 94.8 Å². The molecule has 0 bridgehead atoms. The van der Waals surface area contributed by atoms with Crippen LogP contribution in [0.5, 0.6) is 0 Å². The Morgan fingerprint density at radius 2 is 1.45 bits per heavy atom. The molecule has 0 saturated heterocycles. The zero-order chi connectivity index (χ0) is 8.85. The van der Waals surface area contributed by atoms with E-state index in [9.17, 15) is 9.59 Å². The van der Waals surface area contributed by atoms with Crippen molar-refractivity contribution < 1.29 is 24.9 Å². The van der Waals surface area contributed by atoms with Crippen LogP contribution < -0.4 is 0 Å². The van der Waals surface area contributed by atoms with Crippen molar-refractivity contribution in [2.75, 3.05) is 0 Å². The molecule has 3 N–H and O–H groups in total. The highest BCUT2D eigenvalue weighted by Gasteiger charge is 1.93. The summed E-state index contributed by atoms with van der Waals surface area (Å²) in [6, 6.07) is 0. The van der Waals surface area contributed by atoms with Gasteiger partial charge in [-0.15, -0.1) is 0 Å². The number of carbonyl (C=O) groups is 2. The molecule has 0 aliphatic carbocycles. The van der Waals surface area contributed by atoms with Gasteiger partial charge in [-0.1, -0.05) is 0 Å². The van der Waals surface area contributed by atoms with Gasteiger partial charge < -0.3 is 15.3 Å². The van der Waals surface area contributed by atoms with Gasteiger partial charge >= 0.3 is 11.9 Å². The summed E-state index contributed by atoms with van der Waals surface area (Å²) in [5, 5.41) is 24.7. The molecule has 0 aliphatic rings. The van der Waals surface area contributed by atoms with Gasteiger partial charge in [0.25, 0.3) is 0 Å². The molecule has 0 aliphatic heterocycles. The molecular weight excluding hydrogens is 152 g/mol. The predicted octanol–water partition coefficient (Wildman–Crippen LogP) is 0.154. The minimum absolute atomic E-state index is 0.486. The number of aliphatic carboxylic acids is 2. The highest BCUT2D eigenvalue weighted by atomic mass is 16.4. The molecular formula is C6H6O5. The predicted molar refractivity (Wildman–Crippen MR) is 35.1 cm³/mol. The molecule has 0 unspecified atom stereocenters. The molecule has 0 fully saturated rings. The smallest absolute Gasteiger partial charge is 0.332 e. The summed E-state index contributed by atoms with van der Waals surface area (Å²) in [5.74, 6) is -3.20. The SMILES string of the molecule is O=C(O)C=C/C(O)=C/C(=O)O. The van der Waals surface area contributed by atoms with E-state index in [-0.39, 0.29) is 0 Å². The zero-order valence-electron chi connectivity index (χ0n) is 5.39. The van der Waals surface area contributed by atoms with Gasteiger partial charge in [-0.25, -0.2) is 9.59 Å². The summed E-state index contributed by atoms with van der Waals surface area (Å²) in [6.07, 6.45) is 1.89. The minimum Gasteiger partial charge on any atom is -0.508 e. The highest BCUT2D eigenvalue weighted by molar-refractivity contribution is 5.83. The number of carboxylic acids is 2. The van der Waals surface area contributed by atoms with E-state index in [0.29, 0.717) is 12.2 Å². The van der Waals surface area contributed by atoms with Gasteiger partial charge in [0.2, 0.25) is 0 Å². The summed E-state index contributed by atoms with van der Waals surface area (Å²) >= 11 is 0. The van der Waals surface area contributed by atoms with Gasteiger partial charge in [0.1, 0.15) is 5.76 Å². The third-order valence-corrected chi connectivity index (χ3v) is 0.668. The maximum Gasteiger partial charge on any atom is 0.332 e. The number of carboxylic acid groups (broad SMARTS) is 2.